The number of methoxy groups -OCH3 is 1. The van der Waals surface area contributed by atoms with Gasteiger partial charge in [0.25, 0.3) is 5.56 Å². The number of nitrogens with one attached hydrogen (secondary N) is 1. The molecule has 0 aliphatic carbocycles. The Morgan fingerprint density at radius 2 is 1.73 bits per heavy atom. The van der Waals surface area contributed by atoms with Gasteiger partial charge in [-0.3, -0.25) is 9.36 Å². The van der Waals surface area contributed by atoms with Crippen LogP contribution in [0.2, 0.25) is 0 Å². The van der Waals surface area contributed by atoms with Crippen LogP contribution in [0.25, 0.3) is 11.1 Å². The standard InChI is InChI=1S/C32H32F3N3O2S/c1-19-24(15-25-26(33)11-7-12-27(25)34)32-38(31(39)29(19)23-10-6-13-28(40-4)30(23)35)22(18-41-32)17-36-16-20-8-5-9-21(14-20)37(2)3/h5-14,22,36H,15-18H2,1-4H3. The van der Waals surface area contributed by atoms with Gasteiger partial charge in [0.05, 0.1) is 23.7 Å². The van der Waals surface area contributed by atoms with Gasteiger partial charge in [-0.25, -0.2) is 13.2 Å². The van der Waals surface area contributed by atoms with Crippen molar-refractivity contribution in [3.05, 3.63) is 111 Å². The van der Waals surface area contributed by atoms with Crippen LogP contribution in [0.1, 0.15) is 28.3 Å². The lowest BCUT2D eigenvalue weighted by atomic mass is 9.94. The minimum Gasteiger partial charge on any atom is -0.494 e. The molecule has 0 bridgehead atoms. The van der Waals surface area contributed by atoms with E-state index in [1.165, 1.54) is 49.2 Å². The van der Waals surface area contributed by atoms with E-state index in [0.29, 0.717) is 35.0 Å². The maximum Gasteiger partial charge on any atom is 0.260 e. The molecule has 1 atom stereocenters. The number of hydrogen-bond acceptors (Lipinski definition) is 5. The Morgan fingerprint density at radius 1 is 1.02 bits per heavy atom. The Kier molecular flexibility index (Phi) is 8.47. The first-order valence-electron chi connectivity index (χ1n) is 13.3. The first kappa shape index (κ1) is 28.8. The molecule has 41 heavy (non-hydrogen) atoms. The lowest BCUT2D eigenvalue weighted by Gasteiger charge is -2.21. The SMILES string of the molecule is COc1cccc(-c2c(C)c(Cc3c(F)cccc3F)c3n(c2=O)C(CNCc2cccc(N(C)C)c2)CS3)c1F. The molecule has 214 valence electrons. The average molecular weight is 580 g/mol. The van der Waals surface area contributed by atoms with Crippen molar-refractivity contribution in [1.29, 1.82) is 0 Å². The van der Waals surface area contributed by atoms with E-state index in [4.69, 9.17) is 4.74 Å². The van der Waals surface area contributed by atoms with Gasteiger partial charge in [-0.2, -0.15) is 0 Å². The van der Waals surface area contributed by atoms with E-state index >= 15 is 4.39 Å². The summed E-state index contributed by atoms with van der Waals surface area (Å²) in [5.41, 5.74) is 3.14. The second kappa shape index (κ2) is 12.0. The molecule has 5 nitrogen and oxygen atoms in total. The Balaban J connectivity index is 1.57. The van der Waals surface area contributed by atoms with Crippen LogP contribution in [0.15, 0.2) is 70.5 Å². The molecule has 1 N–H and O–H groups in total. The monoisotopic (exact) mass is 579 g/mol. The van der Waals surface area contributed by atoms with Crippen LogP contribution in [0.4, 0.5) is 18.9 Å². The molecule has 1 unspecified atom stereocenters. The van der Waals surface area contributed by atoms with Crippen molar-refractivity contribution in [3.8, 4) is 16.9 Å². The molecular weight excluding hydrogens is 547 g/mol. The Hall–Kier alpha value is -3.69. The normalized spacial score (nSPS) is 14.3. The van der Waals surface area contributed by atoms with Crippen LogP contribution in [0.3, 0.4) is 0 Å². The minimum atomic E-state index is -0.662. The number of thioether (sulfide) groups is 1. The Morgan fingerprint density at radius 3 is 2.44 bits per heavy atom. The van der Waals surface area contributed by atoms with Crippen LogP contribution < -0.4 is 20.5 Å². The third-order valence-electron chi connectivity index (χ3n) is 7.52. The van der Waals surface area contributed by atoms with Gasteiger partial charge >= 0.3 is 0 Å². The third kappa shape index (κ3) is 5.61. The number of nitrogens with zero attached hydrogens (tertiary/aromatic N) is 2. The summed E-state index contributed by atoms with van der Waals surface area (Å²) in [6.07, 6.45) is -0.0665. The van der Waals surface area contributed by atoms with Crippen molar-refractivity contribution < 1.29 is 17.9 Å². The molecular formula is C32H32F3N3O2S. The van der Waals surface area contributed by atoms with Crippen molar-refractivity contribution in [1.82, 2.24) is 9.88 Å². The second-order valence-electron chi connectivity index (χ2n) is 10.3. The van der Waals surface area contributed by atoms with Gasteiger partial charge in [-0.15, -0.1) is 11.8 Å². The summed E-state index contributed by atoms with van der Waals surface area (Å²) >= 11 is 1.48. The fraction of sp³-hybridized carbons (Fsp3) is 0.281. The van der Waals surface area contributed by atoms with E-state index in [-0.39, 0.29) is 40.5 Å². The van der Waals surface area contributed by atoms with Crippen LogP contribution >= 0.6 is 11.8 Å². The van der Waals surface area contributed by atoms with Gasteiger partial charge in [0, 0.05) is 56.2 Å². The van der Waals surface area contributed by atoms with Gasteiger partial charge in [0.1, 0.15) is 11.6 Å². The van der Waals surface area contributed by atoms with Crippen LogP contribution in [-0.2, 0) is 13.0 Å². The van der Waals surface area contributed by atoms with Crippen LogP contribution in [0, 0.1) is 24.4 Å². The first-order chi connectivity index (χ1) is 19.7. The third-order valence-corrected chi connectivity index (χ3v) is 8.79. The largest absolute Gasteiger partial charge is 0.494 e. The highest BCUT2D eigenvalue weighted by molar-refractivity contribution is 7.99. The van der Waals surface area contributed by atoms with Crippen molar-refractivity contribution in [3.63, 3.8) is 0 Å². The molecule has 1 aliphatic rings. The van der Waals surface area contributed by atoms with E-state index < -0.39 is 17.5 Å². The fourth-order valence-electron chi connectivity index (χ4n) is 5.31. The number of pyridine rings is 1. The summed E-state index contributed by atoms with van der Waals surface area (Å²) < 4.78 is 51.9. The van der Waals surface area contributed by atoms with Gasteiger partial charge in [0.2, 0.25) is 0 Å². The quantitative estimate of drug-likeness (QED) is 0.251. The van der Waals surface area contributed by atoms with Crippen molar-refractivity contribution in [2.45, 2.75) is 31.0 Å². The van der Waals surface area contributed by atoms with Gasteiger partial charge < -0.3 is 15.0 Å². The maximum atomic E-state index is 15.5. The number of halogens is 3. The number of rotatable bonds is 9. The first-order valence-corrected chi connectivity index (χ1v) is 14.3. The number of anilines is 1. The predicted molar refractivity (Wildman–Crippen MR) is 159 cm³/mol. The maximum absolute atomic E-state index is 15.5. The molecule has 0 spiro atoms. The zero-order chi connectivity index (χ0) is 29.3. The van der Waals surface area contributed by atoms with E-state index in [9.17, 15) is 13.6 Å². The number of aromatic nitrogens is 1. The second-order valence-corrected chi connectivity index (χ2v) is 11.3. The van der Waals surface area contributed by atoms with E-state index in [0.717, 1.165) is 11.3 Å². The molecule has 0 saturated heterocycles. The van der Waals surface area contributed by atoms with Gasteiger partial charge in [-0.05, 0) is 53.9 Å². The van der Waals surface area contributed by atoms with Crippen LogP contribution in [0.5, 0.6) is 5.75 Å². The number of ether oxygens (including phenoxy) is 1. The Bertz CT molecular complexity index is 1630. The molecule has 0 radical (unpaired) electrons. The predicted octanol–water partition coefficient (Wildman–Crippen LogP) is 6.34. The molecule has 4 aromatic rings. The van der Waals surface area contributed by atoms with Crippen molar-refractivity contribution in [2.24, 2.45) is 0 Å². The summed E-state index contributed by atoms with van der Waals surface area (Å²) in [4.78, 5) is 16.1. The molecule has 5 rings (SSSR count). The molecule has 9 heteroatoms. The highest BCUT2D eigenvalue weighted by atomic mass is 32.2. The molecule has 0 amide bonds. The molecule has 2 heterocycles. The highest BCUT2D eigenvalue weighted by Crippen LogP contribution is 2.40. The Labute approximate surface area is 242 Å². The lowest BCUT2D eigenvalue weighted by molar-refractivity contribution is 0.387. The van der Waals surface area contributed by atoms with Crippen molar-refractivity contribution >= 4 is 17.4 Å². The fourth-order valence-corrected chi connectivity index (χ4v) is 6.70. The highest BCUT2D eigenvalue weighted by Gasteiger charge is 2.32. The topological polar surface area (TPSA) is 46.5 Å². The van der Waals surface area contributed by atoms with Crippen LogP contribution in [-0.4, -0.2) is 38.1 Å². The molecule has 1 aliphatic heterocycles. The lowest BCUT2D eigenvalue weighted by Crippen LogP contribution is -2.33. The molecule has 1 aromatic heterocycles. The number of benzene rings is 3. The smallest absolute Gasteiger partial charge is 0.260 e. The van der Waals surface area contributed by atoms with E-state index in [1.807, 2.05) is 37.2 Å². The number of hydrogen-bond donors (Lipinski definition) is 1. The summed E-state index contributed by atoms with van der Waals surface area (Å²) in [5, 5.41) is 4.12. The van der Waals surface area contributed by atoms with Gasteiger partial charge in [-0.1, -0.05) is 30.3 Å². The minimum absolute atomic E-state index is 0.0149. The molecule has 0 saturated carbocycles. The molecule has 3 aromatic carbocycles. The molecule has 0 fully saturated rings. The summed E-state index contributed by atoms with van der Waals surface area (Å²) in [7, 11) is 5.34. The van der Waals surface area contributed by atoms with E-state index in [2.05, 4.69) is 11.4 Å². The summed E-state index contributed by atoms with van der Waals surface area (Å²) in [6, 6.07) is 16.4. The average Bonchev–Trinajstić information content (AvgIpc) is 3.37. The summed E-state index contributed by atoms with van der Waals surface area (Å²) in [6.45, 7) is 2.81. The van der Waals surface area contributed by atoms with Crippen molar-refractivity contribution in [2.75, 3.05) is 38.4 Å². The van der Waals surface area contributed by atoms with Gasteiger partial charge in [0.15, 0.2) is 11.6 Å². The van der Waals surface area contributed by atoms with E-state index in [1.54, 1.807) is 17.6 Å². The zero-order valence-corrected chi connectivity index (χ0v) is 24.2. The zero-order valence-electron chi connectivity index (χ0n) is 23.4. The summed E-state index contributed by atoms with van der Waals surface area (Å²) in [5.74, 6) is -1.37. The number of fused-ring (bicyclic) bond motifs is 1.